The zero-order chi connectivity index (χ0) is 15.4. The molecule has 0 aliphatic carbocycles. The highest BCUT2D eigenvalue weighted by Gasteiger charge is 2.16. The number of likely N-dealkylation sites (tertiary alicyclic amines) is 1. The highest BCUT2D eigenvalue weighted by Crippen LogP contribution is 2.18. The SMILES string of the molecule is Cc1nc(N(C)C)nc(NC[C@H](O)CN2CCCC2)c1C. The maximum absolute atomic E-state index is 10.2. The van der Waals surface area contributed by atoms with Gasteiger partial charge in [0.15, 0.2) is 0 Å². The summed E-state index contributed by atoms with van der Waals surface area (Å²) in [7, 11) is 3.85. The van der Waals surface area contributed by atoms with E-state index in [9.17, 15) is 5.11 Å². The van der Waals surface area contributed by atoms with Crippen molar-refractivity contribution in [3.05, 3.63) is 11.3 Å². The molecule has 0 spiro atoms. The van der Waals surface area contributed by atoms with Crippen LogP contribution in [0.5, 0.6) is 0 Å². The Labute approximate surface area is 127 Å². The molecule has 1 aliphatic heterocycles. The van der Waals surface area contributed by atoms with Gasteiger partial charge >= 0.3 is 0 Å². The number of nitrogens with one attached hydrogen (secondary N) is 1. The van der Waals surface area contributed by atoms with E-state index in [1.807, 2.05) is 32.8 Å². The van der Waals surface area contributed by atoms with E-state index in [1.165, 1.54) is 12.8 Å². The molecule has 2 rings (SSSR count). The fraction of sp³-hybridized carbons (Fsp3) is 0.733. The van der Waals surface area contributed by atoms with Crippen LogP contribution in [0.2, 0.25) is 0 Å². The number of aromatic nitrogens is 2. The minimum absolute atomic E-state index is 0.374. The van der Waals surface area contributed by atoms with Crippen molar-refractivity contribution in [2.24, 2.45) is 0 Å². The van der Waals surface area contributed by atoms with Crippen molar-refractivity contribution in [1.29, 1.82) is 0 Å². The van der Waals surface area contributed by atoms with Gasteiger partial charge in [0, 0.05) is 38.4 Å². The third-order valence-electron chi connectivity index (χ3n) is 3.95. The van der Waals surface area contributed by atoms with E-state index in [-0.39, 0.29) is 6.10 Å². The lowest BCUT2D eigenvalue weighted by atomic mass is 10.2. The predicted molar refractivity (Wildman–Crippen MR) is 86.0 cm³/mol. The summed E-state index contributed by atoms with van der Waals surface area (Å²) in [4.78, 5) is 13.2. The first-order valence-corrected chi connectivity index (χ1v) is 7.64. The van der Waals surface area contributed by atoms with Gasteiger partial charge in [0.1, 0.15) is 5.82 Å². The number of hydrogen-bond donors (Lipinski definition) is 2. The second-order valence-corrected chi connectivity index (χ2v) is 6.02. The second kappa shape index (κ2) is 7.04. The van der Waals surface area contributed by atoms with Crippen molar-refractivity contribution in [2.75, 3.05) is 50.5 Å². The van der Waals surface area contributed by atoms with Gasteiger partial charge in [-0.25, -0.2) is 4.98 Å². The molecule has 21 heavy (non-hydrogen) atoms. The summed E-state index contributed by atoms with van der Waals surface area (Å²) < 4.78 is 0. The average Bonchev–Trinajstić information content (AvgIpc) is 2.92. The predicted octanol–water partition coefficient (Wildman–Crippen LogP) is 1.03. The third kappa shape index (κ3) is 4.28. The molecule has 0 bridgehead atoms. The minimum atomic E-state index is -0.374. The van der Waals surface area contributed by atoms with Crippen molar-refractivity contribution >= 4 is 11.8 Å². The minimum Gasteiger partial charge on any atom is -0.390 e. The smallest absolute Gasteiger partial charge is 0.227 e. The Balaban J connectivity index is 1.95. The number of aliphatic hydroxyl groups excluding tert-OH is 1. The van der Waals surface area contributed by atoms with Gasteiger partial charge in [-0.15, -0.1) is 0 Å². The number of nitrogens with zero attached hydrogens (tertiary/aromatic N) is 4. The Hall–Kier alpha value is -1.40. The summed E-state index contributed by atoms with van der Waals surface area (Å²) in [6.07, 6.45) is 2.12. The van der Waals surface area contributed by atoms with Crippen LogP contribution < -0.4 is 10.2 Å². The molecule has 1 fully saturated rings. The number of rotatable bonds is 6. The molecule has 2 N–H and O–H groups in total. The normalized spacial score (nSPS) is 17.0. The van der Waals surface area contributed by atoms with Crippen LogP contribution in [0, 0.1) is 13.8 Å². The van der Waals surface area contributed by atoms with E-state index >= 15 is 0 Å². The molecule has 1 atom stereocenters. The molecule has 0 radical (unpaired) electrons. The van der Waals surface area contributed by atoms with Crippen molar-refractivity contribution in [2.45, 2.75) is 32.8 Å². The van der Waals surface area contributed by atoms with Gasteiger partial charge in [0.2, 0.25) is 5.95 Å². The molecule has 1 aromatic heterocycles. The van der Waals surface area contributed by atoms with Crippen molar-refractivity contribution in [3.63, 3.8) is 0 Å². The van der Waals surface area contributed by atoms with Gasteiger partial charge in [0.25, 0.3) is 0 Å². The Kier molecular flexibility index (Phi) is 5.36. The number of β-amino-alcohol motifs (C(OH)–C–C–N with tert-alkyl or cyclic N) is 1. The molecular weight excluding hydrogens is 266 g/mol. The van der Waals surface area contributed by atoms with Crippen LogP contribution in [0.4, 0.5) is 11.8 Å². The molecule has 0 unspecified atom stereocenters. The van der Waals surface area contributed by atoms with Crippen LogP contribution in [0.15, 0.2) is 0 Å². The van der Waals surface area contributed by atoms with Crippen LogP contribution in [-0.2, 0) is 0 Å². The molecular formula is C15H27N5O. The van der Waals surface area contributed by atoms with Crippen molar-refractivity contribution < 1.29 is 5.11 Å². The lowest BCUT2D eigenvalue weighted by Crippen LogP contribution is -2.34. The highest BCUT2D eigenvalue weighted by molar-refractivity contribution is 5.50. The first-order chi connectivity index (χ1) is 9.97. The Bertz CT molecular complexity index is 471. The molecule has 0 amide bonds. The van der Waals surface area contributed by atoms with Gasteiger partial charge in [-0.1, -0.05) is 0 Å². The molecule has 118 valence electrons. The Morgan fingerprint density at radius 2 is 1.90 bits per heavy atom. The number of anilines is 2. The molecule has 1 saturated heterocycles. The maximum Gasteiger partial charge on any atom is 0.227 e. The topological polar surface area (TPSA) is 64.5 Å². The van der Waals surface area contributed by atoms with Crippen LogP contribution in [-0.4, -0.2) is 66.4 Å². The summed E-state index contributed by atoms with van der Waals surface area (Å²) in [5, 5.41) is 13.4. The molecule has 0 aromatic carbocycles. The monoisotopic (exact) mass is 293 g/mol. The van der Waals surface area contributed by atoms with Gasteiger partial charge in [-0.3, -0.25) is 0 Å². The summed E-state index contributed by atoms with van der Waals surface area (Å²) in [6, 6.07) is 0. The summed E-state index contributed by atoms with van der Waals surface area (Å²) in [6.45, 7) is 7.44. The zero-order valence-corrected chi connectivity index (χ0v) is 13.6. The molecule has 6 nitrogen and oxygen atoms in total. The van der Waals surface area contributed by atoms with E-state index < -0.39 is 0 Å². The number of hydrogen-bond acceptors (Lipinski definition) is 6. The highest BCUT2D eigenvalue weighted by atomic mass is 16.3. The lowest BCUT2D eigenvalue weighted by molar-refractivity contribution is 0.135. The van der Waals surface area contributed by atoms with E-state index in [0.29, 0.717) is 12.5 Å². The molecule has 6 heteroatoms. The van der Waals surface area contributed by atoms with Crippen LogP contribution in [0.3, 0.4) is 0 Å². The standard InChI is InChI=1S/C15H27N5O/c1-11-12(2)17-15(19(3)4)18-14(11)16-9-13(21)10-20-7-5-6-8-20/h13,21H,5-10H2,1-4H3,(H,16,17,18)/t13-/m0/s1. The summed E-state index contributed by atoms with van der Waals surface area (Å²) in [5.74, 6) is 1.50. The largest absolute Gasteiger partial charge is 0.390 e. The molecule has 1 aromatic rings. The Morgan fingerprint density at radius 3 is 2.52 bits per heavy atom. The quantitative estimate of drug-likeness (QED) is 0.817. The fourth-order valence-electron chi connectivity index (χ4n) is 2.53. The van der Waals surface area contributed by atoms with Gasteiger partial charge in [0.05, 0.1) is 6.10 Å². The lowest BCUT2D eigenvalue weighted by Gasteiger charge is -2.21. The van der Waals surface area contributed by atoms with Crippen molar-refractivity contribution in [1.82, 2.24) is 14.9 Å². The summed E-state index contributed by atoms with van der Waals surface area (Å²) >= 11 is 0. The first kappa shape index (κ1) is 16.0. The molecule has 0 saturated carbocycles. The molecule has 2 heterocycles. The van der Waals surface area contributed by atoms with E-state index in [4.69, 9.17) is 0 Å². The van der Waals surface area contributed by atoms with Gasteiger partial charge < -0.3 is 20.2 Å². The first-order valence-electron chi connectivity index (χ1n) is 7.64. The molecule has 1 aliphatic rings. The zero-order valence-electron chi connectivity index (χ0n) is 13.6. The van der Waals surface area contributed by atoms with E-state index in [1.54, 1.807) is 0 Å². The van der Waals surface area contributed by atoms with Crippen molar-refractivity contribution in [3.8, 4) is 0 Å². The van der Waals surface area contributed by atoms with Crippen LogP contribution >= 0.6 is 0 Å². The van der Waals surface area contributed by atoms with Gasteiger partial charge in [-0.2, -0.15) is 4.98 Å². The number of aryl methyl sites for hydroxylation is 1. The van der Waals surface area contributed by atoms with Crippen LogP contribution in [0.25, 0.3) is 0 Å². The number of aliphatic hydroxyl groups is 1. The van der Waals surface area contributed by atoms with Crippen LogP contribution in [0.1, 0.15) is 24.1 Å². The fourth-order valence-corrected chi connectivity index (χ4v) is 2.53. The van der Waals surface area contributed by atoms with E-state index in [2.05, 4.69) is 20.2 Å². The average molecular weight is 293 g/mol. The van der Waals surface area contributed by atoms with E-state index in [0.717, 1.165) is 36.7 Å². The third-order valence-corrected chi connectivity index (χ3v) is 3.95. The Morgan fingerprint density at radius 1 is 1.24 bits per heavy atom. The summed E-state index contributed by atoms with van der Waals surface area (Å²) in [5.41, 5.74) is 2.00. The maximum atomic E-state index is 10.2. The second-order valence-electron chi connectivity index (χ2n) is 6.02. The van der Waals surface area contributed by atoms with Gasteiger partial charge in [-0.05, 0) is 39.8 Å².